The maximum absolute atomic E-state index is 13.4. The monoisotopic (exact) mass is 282 g/mol. The summed E-state index contributed by atoms with van der Waals surface area (Å²) in [7, 11) is 1.57. The Morgan fingerprint density at radius 3 is 2.50 bits per heavy atom. The highest BCUT2D eigenvalue weighted by Crippen LogP contribution is 2.17. The molecule has 0 amide bonds. The summed E-state index contributed by atoms with van der Waals surface area (Å²) in [6, 6.07) is 7.85. The number of nitrogens with one attached hydrogen (secondary N) is 1. The van der Waals surface area contributed by atoms with Gasteiger partial charge in [0.05, 0.1) is 6.61 Å². The summed E-state index contributed by atoms with van der Waals surface area (Å²) in [5, 5.41) is 2.65. The average molecular weight is 282 g/mol. The number of anilines is 1. The quantitative estimate of drug-likeness (QED) is 0.855. The Labute approximate surface area is 114 Å². The SMILES string of the molecule is COCc1ccccc1CNc1nc(F)c(F)cc1F. The summed E-state index contributed by atoms with van der Waals surface area (Å²) in [4.78, 5) is 3.20. The van der Waals surface area contributed by atoms with Gasteiger partial charge < -0.3 is 10.1 Å². The predicted octanol–water partition coefficient (Wildman–Crippen LogP) is 3.26. The largest absolute Gasteiger partial charge is 0.380 e. The second-order valence-corrected chi connectivity index (χ2v) is 4.15. The van der Waals surface area contributed by atoms with Gasteiger partial charge in [-0.2, -0.15) is 9.37 Å². The minimum Gasteiger partial charge on any atom is -0.380 e. The number of hydrogen-bond donors (Lipinski definition) is 1. The van der Waals surface area contributed by atoms with Gasteiger partial charge >= 0.3 is 0 Å². The van der Waals surface area contributed by atoms with Crippen LogP contribution >= 0.6 is 0 Å². The van der Waals surface area contributed by atoms with Gasteiger partial charge in [0.25, 0.3) is 5.95 Å². The van der Waals surface area contributed by atoms with Crippen LogP contribution in [0.4, 0.5) is 19.0 Å². The molecule has 1 aromatic carbocycles. The van der Waals surface area contributed by atoms with Crippen LogP contribution in [0.15, 0.2) is 30.3 Å². The smallest absolute Gasteiger partial charge is 0.251 e. The highest BCUT2D eigenvalue weighted by Gasteiger charge is 2.11. The molecule has 1 N–H and O–H groups in total. The molecule has 0 saturated heterocycles. The van der Waals surface area contributed by atoms with E-state index in [1.54, 1.807) is 7.11 Å². The van der Waals surface area contributed by atoms with E-state index in [0.717, 1.165) is 11.1 Å². The van der Waals surface area contributed by atoms with Gasteiger partial charge in [-0.1, -0.05) is 24.3 Å². The Balaban J connectivity index is 2.15. The Kier molecular flexibility index (Phi) is 4.57. The van der Waals surface area contributed by atoms with Crippen molar-refractivity contribution in [3.05, 3.63) is 59.0 Å². The molecule has 3 nitrogen and oxygen atoms in total. The lowest BCUT2D eigenvalue weighted by molar-refractivity contribution is 0.184. The van der Waals surface area contributed by atoms with Crippen molar-refractivity contribution in [2.75, 3.05) is 12.4 Å². The molecule has 0 fully saturated rings. The number of hydrogen-bond acceptors (Lipinski definition) is 3. The van der Waals surface area contributed by atoms with Crippen LogP contribution in [-0.2, 0) is 17.9 Å². The molecule has 2 rings (SSSR count). The Morgan fingerprint density at radius 1 is 1.10 bits per heavy atom. The third-order valence-electron chi connectivity index (χ3n) is 2.75. The summed E-state index contributed by atoms with van der Waals surface area (Å²) >= 11 is 0. The van der Waals surface area contributed by atoms with Crippen molar-refractivity contribution in [1.82, 2.24) is 4.98 Å². The molecule has 106 valence electrons. The zero-order valence-electron chi connectivity index (χ0n) is 10.8. The summed E-state index contributed by atoms with van der Waals surface area (Å²) in [6.45, 7) is 0.639. The molecular formula is C14H13F3N2O. The van der Waals surface area contributed by atoms with Crippen LogP contribution in [0.5, 0.6) is 0 Å². The van der Waals surface area contributed by atoms with E-state index in [2.05, 4.69) is 10.3 Å². The van der Waals surface area contributed by atoms with Crippen LogP contribution in [0.1, 0.15) is 11.1 Å². The zero-order valence-corrected chi connectivity index (χ0v) is 10.8. The standard InChI is InChI=1S/C14H13F3N2O/c1-20-8-10-5-3-2-4-9(10)7-18-14-12(16)6-11(15)13(17)19-14/h2-6H,7-8H2,1H3,(H,18,19). The topological polar surface area (TPSA) is 34.1 Å². The van der Waals surface area contributed by atoms with Crippen LogP contribution in [0.3, 0.4) is 0 Å². The molecule has 1 aromatic heterocycles. The number of nitrogens with zero attached hydrogens (tertiary/aromatic N) is 1. The fourth-order valence-corrected chi connectivity index (χ4v) is 1.77. The number of methoxy groups -OCH3 is 1. The molecule has 0 radical (unpaired) electrons. The first-order valence-electron chi connectivity index (χ1n) is 5.93. The van der Waals surface area contributed by atoms with E-state index >= 15 is 0 Å². The molecule has 2 aromatic rings. The first-order chi connectivity index (χ1) is 9.61. The second-order valence-electron chi connectivity index (χ2n) is 4.15. The highest BCUT2D eigenvalue weighted by molar-refractivity contribution is 5.38. The molecule has 0 bridgehead atoms. The van der Waals surface area contributed by atoms with E-state index < -0.39 is 17.6 Å². The van der Waals surface area contributed by atoms with E-state index in [4.69, 9.17) is 4.74 Å². The van der Waals surface area contributed by atoms with E-state index in [0.29, 0.717) is 12.7 Å². The molecule has 1 heterocycles. The van der Waals surface area contributed by atoms with Gasteiger partial charge in [-0.3, -0.25) is 0 Å². The van der Waals surface area contributed by atoms with Crippen molar-refractivity contribution >= 4 is 5.82 Å². The van der Waals surface area contributed by atoms with Crippen molar-refractivity contribution in [2.45, 2.75) is 13.2 Å². The fourth-order valence-electron chi connectivity index (χ4n) is 1.77. The van der Waals surface area contributed by atoms with Gasteiger partial charge in [0, 0.05) is 19.7 Å². The molecule has 0 aliphatic heterocycles. The lowest BCUT2D eigenvalue weighted by Gasteiger charge is -2.11. The molecule has 6 heteroatoms. The number of aromatic nitrogens is 1. The van der Waals surface area contributed by atoms with E-state index in [9.17, 15) is 13.2 Å². The minimum atomic E-state index is -1.33. The number of rotatable bonds is 5. The van der Waals surface area contributed by atoms with E-state index in [-0.39, 0.29) is 12.4 Å². The summed E-state index contributed by atoms with van der Waals surface area (Å²) in [5.74, 6) is -3.91. The number of pyridine rings is 1. The second kappa shape index (κ2) is 6.38. The first-order valence-corrected chi connectivity index (χ1v) is 5.93. The van der Waals surface area contributed by atoms with Crippen molar-refractivity contribution in [3.63, 3.8) is 0 Å². The van der Waals surface area contributed by atoms with Crippen LogP contribution in [0, 0.1) is 17.6 Å². The maximum Gasteiger partial charge on any atom is 0.251 e. The molecular weight excluding hydrogens is 269 g/mol. The number of halogens is 3. The van der Waals surface area contributed by atoms with Crippen molar-refractivity contribution < 1.29 is 17.9 Å². The van der Waals surface area contributed by atoms with Crippen molar-refractivity contribution in [3.8, 4) is 0 Å². The molecule has 0 atom stereocenters. The van der Waals surface area contributed by atoms with Gasteiger partial charge in [-0.15, -0.1) is 0 Å². The average Bonchev–Trinajstić information content (AvgIpc) is 2.43. The Morgan fingerprint density at radius 2 is 1.80 bits per heavy atom. The van der Waals surface area contributed by atoms with Crippen LogP contribution < -0.4 is 5.32 Å². The highest BCUT2D eigenvalue weighted by atomic mass is 19.2. The van der Waals surface area contributed by atoms with E-state index in [1.165, 1.54) is 0 Å². The van der Waals surface area contributed by atoms with Crippen molar-refractivity contribution in [1.29, 1.82) is 0 Å². The summed E-state index contributed by atoms with van der Waals surface area (Å²) in [5.41, 5.74) is 1.78. The van der Waals surface area contributed by atoms with Gasteiger partial charge in [0.15, 0.2) is 17.5 Å². The lowest BCUT2D eigenvalue weighted by Crippen LogP contribution is -2.08. The molecule has 0 saturated carbocycles. The van der Waals surface area contributed by atoms with Gasteiger partial charge in [-0.05, 0) is 11.1 Å². The zero-order chi connectivity index (χ0) is 14.5. The fraction of sp³-hybridized carbons (Fsp3) is 0.214. The van der Waals surface area contributed by atoms with Crippen LogP contribution in [0.2, 0.25) is 0 Å². The van der Waals surface area contributed by atoms with Crippen molar-refractivity contribution in [2.24, 2.45) is 0 Å². The minimum absolute atomic E-state index is 0.231. The molecule has 0 aliphatic carbocycles. The third kappa shape index (κ3) is 3.27. The third-order valence-corrected chi connectivity index (χ3v) is 2.75. The molecule has 0 spiro atoms. The summed E-state index contributed by atoms with van der Waals surface area (Å²) < 4.78 is 44.2. The van der Waals surface area contributed by atoms with Gasteiger partial charge in [0.1, 0.15) is 0 Å². The molecule has 20 heavy (non-hydrogen) atoms. The molecule has 0 unspecified atom stereocenters. The number of ether oxygens (including phenoxy) is 1. The lowest BCUT2D eigenvalue weighted by atomic mass is 10.1. The normalized spacial score (nSPS) is 10.6. The summed E-state index contributed by atoms with van der Waals surface area (Å²) in [6.07, 6.45) is 0. The van der Waals surface area contributed by atoms with Gasteiger partial charge in [-0.25, -0.2) is 8.78 Å². The maximum atomic E-state index is 13.4. The van der Waals surface area contributed by atoms with Gasteiger partial charge in [0.2, 0.25) is 0 Å². The van der Waals surface area contributed by atoms with Crippen LogP contribution in [-0.4, -0.2) is 12.1 Å². The predicted molar refractivity (Wildman–Crippen MR) is 68.6 cm³/mol. The first kappa shape index (κ1) is 14.3. The van der Waals surface area contributed by atoms with Crippen LogP contribution in [0.25, 0.3) is 0 Å². The Hall–Kier alpha value is -2.08. The Bertz CT molecular complexity index is 605. The molecule has 0 aliphatic rings. The van der Waals surface area contributed by atoms with E-state index in [1.807, 2.05) is 24.3 Å². The number of benzene rings is 1.